The summed E-state index contributed by atoms with van der Waals surface area (Å²) in [5, 5.41) is 11.7. The molecule has 1 aliphatic rings. The number of rotatable bonds is 6. The lowest BCUT2D eigenvalue weighted by atomic mass is 10.2. The van der Waals surface area contributed by atoms with Crippen molar-refractivity contribution in [3.05, 3.63) is 46.3 Å². The standard InChI is InChI=1S/C19H22N6O3/c1-11(2)17-23-24(10-16(26)21-13-5-4-8-20-18(13)28-3)19(27)15-9-14(12-6-7-12)22-25(15)17/h4-5,8-9,11-12H,6-7,10H2,1-3H3,(H,21,26). The largest absolute Gasteiger partial charge is 0.480 e. The molecule has 0 aliphatic heterocycles. The van der Waals surface area contributed by atoms with Crippen LogP contribution in [0.25, 0.3) is 5.52 Å². The lowest BCUT2D eigenvalue weighted by Crippen LogP contribution is -2.32. The third-order valence-electron chi connectivity index (χ3n) is 4.67. The van der Waals surface area contributed by atoms with Crippen LogP contribution in [0.1, 0.15) is 50.0 Å². The highest BCUT2D eigenvalue weighted by Crippen LogP contribution is 2.39. The molecule has 0 unspecified atom stereocenters. The number of carbonyl (C=O) groups is 1. The Hall–Kier alpha value is -3.23. The Morgan fingerprint density at radius 2 is 2.14 bits per heavy atom. The van der Waals surface area contributed by atoms with E-state index in [2.05, 4.69) is 20.5 Å². The first kappa shape index (κ1) is 18.1. The fourth-order valence-electron chi connectivity index (χ4n) is 3.09. The van der Waals surface area contributed by atoms with Crippen LogP contribution >= 0.6 is 0 Å². The third kappa shape index (κ3) is 3.35. The average molecular weight is 382 g/mol. The second-order valence-corrected chi connectivity index (χ2v) is 7.22. The first-order chi connectivity index (χ1) is 13.5. The van der Waals surface area contributed by atoms with E-state index in [9.17, 15) is 9.59 Å². The second kappa shape index (κ2) is 7.06. The molecule has 0 bridgehead atoms. The minimum absolute atomic E-state index is 0.0442. The lowest BCUT2D eigenvalue weighted by Gasteiger charge is -2.12. The van der Waals surface area contributed by atoms with Gasteiger partial charge in [0.2, 0.25) is 11.8 Å². The number of nitrogens with one attached hydrogen (secondary N) is 1. The van der Waals surface area contributed by atoms with Crippen molar-refractivity contribution in [2.75, 3.05) is 12.4 Å². The first-order valence-electron chi connectivity index (χ1n) is 9.27. The van der Waals surface area contributed by atoms with Crippen molar-refractivity contribution in [3.63, 3.8) is 0 Å². The van der Waals surface area contributed by atoms with Crippen LogP contribution in [0.4, 0.5) is 5.69 Å². The number of anilines is 1. The minimum Gasteiger partial charge on any atom is -0.480 e. The van der Waals surface area contributed by atoms with E-state index >= 15 is 0 Å². The van der Waals surface area contributed by atoms with Gasteiger partial charge in [-0.1, -0.05) is 13.8 Å². The molecule has 1 fully saturated rings. The molecule has 28 heavy (non-hydrogen) atoms. The van der Waals surface area contributed by atoms with Gasteiger partial charge < -0.3 is 10.1 Å². The Morgan fingerprint density at radius 1 is 1.36 bits per heavy atom. The van der Waals surface area contributed by atoms with Gasteiger partial charge >= 0.3 is 0 Å². The van der Waals surface area contributed by atoms with Gasteiger partial charge in [-0.2, -0.15) is 10.2 Å². The van der Waals surface area contributed by atoms with Crippen molar-refractivity contribution < 1.29 is 9.53 Å². The molecule has 3 aromatic rings. The van der Waals surface area contributed by atoms with Gasteiger partial charge in [-0.05, 0) is 31.0 Å². The average Bonchev–Trinajstić information content (AvgIpc) is 3.43. The van der Waals surface area contributed by atoms with E-state index in [0.717, 1.165) is 18.5 Å². The lowest BCUT2D eigenvalue weighted by molar-refractivity contribution is -0.117. The summed E-state index contributed by atoms with van der Waals surface area (Å²) >= 11 is 0. The van der Waals surface area contributed by atoms with Gasteiger partial charge in [-0.25, -0.2) is 14.2 Å². The summed E-state index contributed by atoms with van der Waals surface area (Å²) in [5.74, 6) is 1.03. The fraction of sp³-hybridized carbons (Fsp3) is 0.421. The number of amides is 1. The second-order valence-electron chi connectivity index (χ2n) is 7.22. The maximum Gasteiger partial charge on any atom is 0.293 e. The molecule has 3 aromatic heterocycles. The molecule has 146 valence electrons. The highest BCUT2D eigenvalue weighted by Gasteiger charge is 2.28. The number of hydrogen-bond donors (Lipinski definition) is 1. The van der Waals surface area contributed by atoms with Crippen molar-refractivity contribution in [1.29, 1.82) is 0 Å². The van der Waals surface area contributed by atoms with E-state index in [4.69, 9.17) is 4.74 Å². The molecule has 1 aliphatic carbocycles. The summed E-state index contributed by atoms with van der Waals surface area (Å²) in [7, 11) is 1.48. The van der Waals surface area contributed by atoms with Gasteiger partial charge in [0.15, 0.2) is 5.82 Å². The molecular formula is C19H22N6O3. The first-order valence-corrected chi connectivity index (χ1v) is 9.27. The van der Waals surface area contributed by atoms with Gasteiger partial charge in [0, 0.05) is 18.0 Å². The van der Waals surface area contributed by atoms with Gasteiger partial charge in [-0.3, -0.25) is 9.59 Å². The summed E-state index contributed by atoms with van der Waals surface area (Å²) in [5.41, 5.74) is 1.47. The monoisotopic (exact) mass is 382 g/mol. The zero-order chi connectivity index (χ0) is 19.8. The summed E-state index contributed by atoms with van der Waals surface area (Å²) in [4.78, 5) is 29.5. The minimum atomic E-state index is -0.387. The number of fused-ring (bicyclic) bond motifs is 1. The summed E-state index contributed by atoms with van der Waals surface area (Å²) in [6, 6.07) is 5.20. The number of carbonyl (C=O) groups excluding carboxylic acids is 1. The zero-order valence-electron chi connectivity index (χ0n) is 16.0. The number of hydrogen-bond acceptors (Lipinski definition) is 6. The van der Waals surface area contributed by atoms with Crippen LogP contribution in [0.2, 0.25) is 0 Å². The Balaban J connectivity index is 1.67. The van der Waals surface area contributed by atoms with Gasteiger partial charge in [-0.15, -0.1) is 0 Å². The molecule has 9 nitrogen and oxygen atoms in total. The molecular weight excluding hydrogens is 360 g/mol. The highest BCUT2D eigenvalue weighted by molar-refractivity contribution is 5.91. The summed E-state index contributed by atoms with van der Waals surface area (Å²) < 4.78 is 7.96. The SMILES string of the molecule is COc1ncccc1NC(=O)Cn1nc(C(C)C)n2nc(C3CC3)cc2c1=O. The normalized spacial score (nSPS) is 13.9. The third-order valence-corrected chi connectivity index (χ3v) is 4.67. The number of pyridine rings is 1. The van der Waals surface area contributed by atoms with Crippen molar-refractivity contribution in [2.45, 2.75) is 45.1 Å². The topological polar surface area (TPSA) is 103 Å². The highest BCUT2D eigenvalue weighted by atomic mass is 16.5. The van der Waals surface area contributed by atoms with Crippen LogP contribution in [-0.2, 0) is 11.3 Å². The van der Waals surface area contributed by atoms with Crippen LogP contribution in [0.15, 0.2) is 29.2 Å². The summed E-state index contributed by atoms with van der Waals surface area (Å²) in [6.07, 6.45) is 3.76. The fourth-order valence-corrected chi connectivity index (χ4v) is 3.09. The van der Waals surface area contributed by atoms with Crippen LogP contribution in [0, 0.1) is 0 Å². The summed E-state index contributed by atoms with van der Waals surface area (Å²) in [6.45, 7) is 3.75. The van der Waals surface area contributed by atoms with E-state index in [1.807, 2.05) is 19.9 Å². The molecule has 3 heterocycles. The molecule has 1 amide bonds. The number of nitrogens with zero attached hydrogens (tertiary/aromatic N) is 5. The van der Waals surface area contributed by atoms with Crippen molar-refractivity contribution in [3.8, 4) is 5.88 Å². The Kier molecular flexibility index (Phi) is 4.58. The van der Waals surface area contributed by atoms with E-state index < -0.39 is 0 Å². The van der Waals surface area contributed by atoms with E-state index in [1.54, 1.807) is 22.8 Å². The molecule has 0 atom stereocenters. The molecule has 1 N–H and O–H groups in total. The van der Waals surface area contributed by atoms with Gasteiger partial charge in [0.05, 0.1) is 12.8 Å². The smallest absolute Gasteiger partial charge is 0.293 e. The Morgan fingerprint density at radius 3 is 2.82 bits per heavy atom. The van der Waals surface area contributed by atoms with Crippen LogP contribution in [0.3, 0.4) is 0 Å². The van der Waals surface area contributed by atoms with E-state index in [0.29, 0.717) is 28.8 Å². The van der Waals surface area contributed by atoms with Crippen molar-refractivity contribution in [2.24, 2.45) is 0 Å². The number of aromatic nitrogens is 5. The molecule has 0 saturated heterocycles. The number of ether oxygens (including phenoxy) is 1. The number of methoxy groups -OCH3 is 1. The quantitative estimate of drug-likeness (QED) is 0.699. The molecule has 9 heteroatoms. The zero-order valence-corrected chi connectivity index (χ0v) is 16.0. The van der Waals surface area contributed by atoms with Crippen molar-refractivity contribution >= 4 is 17.1 Å². The van der Waals surface area contributed by atoms with E-state index in [-0.39, 0.29) is 23.9 Å². The van der Waals surface area contributed by atoms with Crippen LogP contribution in [-0.4, -0.2) is 37.4 Å². The predicted octanol–water partition coefficient (Wildman–Crippen LogP) is 1.93. The van der Waals surface area contributed by atoms with Crippen molar-refractivity contribution in [1.82, 2.24) is 24.4 Å². The maximum absolute atomic E-state index is 12.9. The van der Waals surface area contributed by atoms with Crippen LogP contribution < -0.4 is 15.6 Å². The van der Waals surface area contributed by atoms with E-state index in [1.165, 1.54) is 11.8 Å². The molecule has 0 aromatic carbocycles. The molecule has 4 rings (SSSR count). The molecule has 0 radical (unpaired) electrons. The van der Waals surface area contributed by atoms with Gasteiger partial charge in [0.25, 0.3) is 5.56 Å². The van der Waals surface area contributed by atoms with Crippen LogP contribution in [0.5, 0.6) is 5.88 Å². The maximum atomic E-state index is 12.9. The Labute approximate surface area is 161 Å². The predicted molar refractivity (Wildman–Crippen MR) is 103 cm³/mol. The molecule has 0 spiro atoms. The Bertz CT molecular complexity index is 1100. The van der Waals surface area contributed by atoms with Gasteiger partial charge in [0.1, 0.15) is 17.7 Å². The molecule has 1 saturated carbocycles.